The van der Waals surface area contributed by atoms with Crippen molar-refractivity contribution in [1.29, 1.82) is 0 Å². The van der Waals surface area contributed by atoms with Gasteiger partial charge in [-0.15, -0.1) is 0 Å². The van der Waals surface area contributed by atoms with Gasteiger partial charge in [-0.2, -0.15) is 0 Å². The molecule has 1 aliphatic rings. The number of nitrogens with zero attached hydrogens (tertiary/aromatic N) is 2. The summed E-state index contributed by atoms with van der Waals surface area (Å²) in [7, 11) is -0.715. The zero-order valence-corrected chi connectivity index (χ0v) is 12.1. The lowest BCUT2D eigenvalue weighted by Crippen LogP contribution is -2.36. The quantitative estimate of drug-likeness (QED) is 0.813. The summed E-state index contributed by atoms with van der Waals surface area (Å²) in [5, 5.41) is 3.32. The monoisotopic (exact) mass is 283 g/mol. The smallest absolute Gasteiger partial charge is 0.151 e. The largest absolute Gasteiger partial charge is 0.312 e. The first-order chi connectivity index (χ1) is 9.05. The molecule has 1 fully saturated rings. The van der Waals surface area contributed by atoms with Crippen molar-refractivity contribution >= 4 is 9.84 Å². The molecule has 106 valence electrons. The minimum atomic E-state index is -2.78. The van der Waals surface area contributed by atoms with Gasteiger partial charge in [0.25, 0.3) is 0 Å². The molecule has 0 aliphatic carbocycles. The molecule has 2 heterocycles. The molecule has 6 heteroatoms. The van der Waals surface area contributed by atoms with Gasteiger partial charge in [-0.1, -0.05) is 0 Å². The first-order valence-electron chi connectivity index (χ1n) is 6.56. The zero-order valence-electron chi connectivity index (χ0n) is 11.2. The minimum Gasteiger partial charge on any atom is -0.312 e. The number of aromatic nitrogens is 1. The normalized spacial score (nSPS) is 21.9. The van der Waals surface area contributed by atoms with E-state index in [1.807, 2.05) is 12.1 Å². The molecular weight excluding hydrogens is 262 g/mol. The Morgan fingerprint density at radius 1 is 1.42 bits per heavy atom. The highest BCUT2D eigenvalue weighted by molar-refractivity contribution is 7.91. The van der Waals surface area contributed by atoms with Gasteiger partial charge in [0.2, 0.25) is 0 Å². The van der Waals surface area contributed by atoms with E-state index in [0.717, 1.165) is 26.1 Å². The van der Waals surface area contributed by atoms with E-state index >= 15 is 0 Å². The molecule has 2 rings (SSSR count). The van der Waals surface area contributed by atoms with E-state index in [2.05, 4.69) is 22.2 Å². The van der Waals surface area contributed by atoms with E-state index in [1.54, 1.807) is 12.4 Å². The SMILES string of the molecule is CN(CCNC1CCS(=O)(=O)C1)Cc1ccncc1. The molecule has 0 spiro atoms. The summed E-state index contributed by atoms with van der Waals surface area (Å²) in [4.78, 5) is 6.21. The van der Waals surface area contributed by atoms with E-state index in [0.29, 0.717) is 11.5 Å². The van der Waals surface area contributed by atoms with Crippen molar-refractivity contribution in [2.45, 2.75) is 19.0 Å². The molecule has 1 aromatic rings. The molecule has 1 N–H and O–H groups in total. The summed E-state index contributed by atoms with van der Waals surface area (Å²) in [6.07, 6.45) is 4.34. The molecule has 1 saturated heterocycles. The van der Waals surface area contributed by atoms with Crippen LogP contribution in [-0.4, -0.2) is 56.0 Å². The molecule has 0 amide bonds. The van der Waals surface area contributed by atoms with Gasteiger partial charge in [0.15, 0.2) is 9.84 Å². The fraction of sp³-hybridized carbons (Fsp3) is 0.615. The molecule has 1 unspecified atom stereocenters. The Bertz CT molecular complexity index is 490. The number of sulfone groups is 1. The summed E-state index contributed by atoms with van der Waals surface area (Å²) in [5.74, 6) is 0.624. The van der Waals surface area contributed by atoms with Crippen LogP contribution in [0.25, 0.3) is 0 Å². The molecule has 1 aromatic heterocycles. The summed E-state index contributed by atoms with van der Waals surface area (Å²) >= 11 is 0. The fourth-order valence-electron chi connectivity index (χ4n) is 2.29. The van der Waals surface area contributed by atoms with E-state index in [1.165, 1.54) is 5.56 Å². The second-order valence-corrected chi connectivity index (χ2v) is 7.38. The highest BCUT2D eigenvalue weighted by Gasteiger charge is 2.27. The third-order valence-electron chi connectivity index (χ3n) is 3.36. The predicted molar refractivity (Wildman–Crippen MR) is 75.6 cm³/mol. The van der Waals surface area contributed by atoms with Crippen molar-refractivity contribution in [2.24, 2.45) is 0 Å². The lowest BCUT2D eigenvalue weighted by atomic mass is 10.2. The van der Waals surface area contributed by atoms with Crippen LogP contribution in [0.5, 0.6) is 0 Å². The topological polar surface area (TPSA) is 62.3 Å². The Morgan fingerprint density at radius 2 is 2.16 bits per heavy atom. The van der Waals surface area contributed by atoms with Crippen LogP contribution in [0.1, 0.15) is 12.0 Å². The third kappa shape index (κ3) is 4.89. The maximum atomic E-state index is 11.3. The standard InChI is InChI=1S/C13H21N3O2S/c1-16(10-12-2-5-14-6-3-12)8-7-15-13-4-9-19(17,18)11-13/h2-3,5-6,13,15H,4,7-11H2,1H3. The number of nitrogens with one attached hydrogen (secondary N) is 1. The number of likely N-dealkylation sites (N-methyl/N-ethyl adjacent to an activating group) is 1. The Balaban J connectivity index is 1.66. The Kier molecular flexibility index (Phi) is 4.90. The van der Waals surface area contributed by atoms with Crippen LogP contribution in [0.2, 0.25) is 0 Å². The molecule has 5 nitrogen and oxygen atoms in total. The van der Waals surface area contributed by atoms with Crippen LogP contribution in [0.15, 0.2) is 24.5 Å². The van der Waals surface area contributed by atoms with Gasteiger partial charge >= 0.3 is 0 Å². The third-order valence-corrected chi connectivity index (χ3v) is 5.13. The summed E-state index contributed by atoms with van der Waals surface area (Å²) in [5.41, 5.74) is 1.24. The number of rotatable bonds is 6. The molecule has 0 radical (unpaired) electrons. The maximum Gasteiger partial charge on any atom is 0.151 e. The first kappa shape index (κ1) is 14.4. The van der Waals surface area contributed by atoms with Gasteiger partial charge in [-0.05, 0) is 31.2 Å². The van der Waals surface area contributed by atoms with Gasteiger partial charge in [0.1, 0.15) is 0 Å². The molecule has 19 heavy (non-hydrogen) atoms. The van der Waals surface area contributed by atoms with Crippen molar-refractivity contribution in [3.05, 3.63) is 30.1 Å². The van der Waals surface area contributed by atoms with E-state index < -0.39 is 9.84 Å². The zero-order chi connectivity index (χ0) is 13.7. The van der Waals surface area contributed by atoms with Crippen molar-refractivity contribution in [1.82, 2.24) is 15.2 Å². The van der Waals surface area contributed by atoms with Crippen molar-refractivity contribution in [2.75, 3.05) is 31.6 Å². The number of pyridine rings is 1. The van der Waals surface area contributed by atoms with E-state index in [-0.39, 0.29) is 6.04 Å². The Labute approximate surface area is 114 Å². The lowest BCUT2D eigenvalue weighted by molar-refractivity contribution is 0.318. The van der Waals surface area contributed by atoms with E-state index in [4.69, 9.17) is 0 Å². The van der Waals surface area contributed by atoms with Crippen LogP contribution in [0.3, 0.4) is 0 Å². The second kappa shape index (κ2) is 6.45. The van der Waals surface area contributed by atoms with Crippen molar-refractivity contribution in [3.63, 3.8) is 0 Å². The average molecular weight is 283 g/mol. The Morgan fingerprint density at radius 3 is 2.79 bits per heavy atom. The predicted octanol–water partition coefficient (Wildman–Crippen LogP) is 0.290. The van der Waals surface area contributed by atoms with Crippen LogP contribution >= 0.6 is 0 Å². The van der Waals surface area contributed by atoms with Gasteiger partial charge < -0.3 is 10.2 Å². The molecule has 0 aromatic carbocycles. The maximum absolute atomic E-state index is 11.3. The fourth-order valence-corrected chi connectivity index (χ4v) is 4.00. The summed E-state index contributed by atoms with van der Waals surface area (Å²) < 4.78 is 22.6. The lowest BCUT2D eigenvalue weighted by Gasteiger charge is -2.18. The minimum absolute atomic E-state index is 0.138. The van der Waals surface area contributed by atoms with Crippen LogP contribution < -0.4 is 5.32 Å². The summed E-state index contributed by atoms with van der Waals surface area (Å²) in [6.45, 7) is 2.60. The van der Waals surface area contributed by atoms with Crippen LogP contribution in [-0.2, 0) is 16.4 Å². The van der Waals surface area contributed by atoms with Crippen LogP contribution in [0, 0.1) is 0 Å². The van der Waals surface area contributed by atoms with Gasteiger partial charge in [-0.25, -0.2) is 8.42 Å². The second-order valence-electron chi connectivity index (χ2n) is 5.15. The molecule has 1 atom stereocenters. The highest BCUT2D eigenvalue weighted by atomic mass is 32.2. The van der Waals surface area contributed by atoms with Gasteiger partial charge in [0, 0.05) is 38.1 Å². The van der Waals surface area contributed by atoms with Gasteiger partial charge in [-0.3, -0.25) is 4.98 Å². The van der Waals surface area contributed by atoms with Crippen molar-refractivity contribution in [3.8, 4) is 0 Å². The molecule has 1 aliphatic heterocycles. The first-order valence-corrected chi connectivity index (χ1v) is 8.38. The van der Waals surface area contributed by atoms with Gasteiger partial charge in [0.05, 0.1) is 11.5 Å². The van der Waals surface area contributed by atoms with E-state index in [9.17, 15) is 8.42 Å². The average Bonchev–Trinajstić information content (AvgIpc) is 2.70. The summed E-state index contributed by atoms with van der Waals surface area (Å²) in [6, 6.07) is 4.15. The number of hydrogen-bond acceptors (Lipinski definition) is 5. The number of hydrogen-bond donors (Lipinski definition) is 1. The highest BCUT2D eigenvalue weighted by Crippen LogP contribution is 2.10. The Hall–Kier alpha value is -0.980. The van der Waals surface area contributed by atoms with Crippen LogP contribution in [0.4, 0.5) is 0 Å². The molecule has 0 saturated carbocycles. The van der Waals surface area contributed by atoms with Crippen molar-refractivity contribution < 1.29 is 8.42 Å². The molecular formula is C13H21N3O2S. The molecule has 0 bridgehead atoms.